The molecule has 60 valence electrons. The lowest BCUT2D eigenvalue weighted by Gasteiger charge is -2.16. The number of urea groups is 1. The molecule has 0 atom stereocenters. The fourth-order valence-electron chi connectivity index (χ4n) is 0.492. The number of carbonyl (C=O) groups is 1. The van der Waals surface area contributed by atoms with Crippen LogP contribution in [0, 0.1) is 0 Å². The van der Waals surface area contributed by atoms with Gasteiger partial charge in [0.1, 0.15) is 0 Å². The van der Waals surface area contributed by atoms with Gasteiger partial charge in [-0.3, -0.25) is 0 Å². The molecule has 0 heterocycles. The van der Waals surface area contributed by atoms with Gasteiger partial charge >= 0.3 is 6.03 Å². The number of rotatable bonds is 3. The smallest absolute Gasteiger partial charge is 0.312 e. The summed E-state index contributed by atoms with van der Waals surface area (Å²) >= 11 is 0. The summed E-state index contributed by atoms with van der Waals surface area (Å²) in [4.78, 5) is 10.1. The summed E-state index contributed by atoms with van der Waals surface area (Å²) in [5, 5.41) is 11.5. The zero-order chi connectivity index (χ0) is 8.20. The minimum Gasteiger partial charge on any atom is -0.390 e. The van der Waals surface area contributed by atoms with Gasteiger partial charge in [-0.15, -0.1) is 0 Å². The van der Waals surface area contributed by atoms with Gasteiger partial charge in [-0.05, 0) is 20.3 Å². The van der Waals surface area contributed by atoms with E-state index in [1.807, 2.05) is 0 Å². The van der Waals surface area contributed by atoms with E-state index in [1.165, 1.54) is 0 Å². The number of primary amides is 1. The zero-order valence-corrected chi connectivity index (χ0v) is 6.35. The molecule has 0 bridgehead atoms. The number of nitrogens with one attached hydrogen (secondary N) is 1. The highest BCUT2D eigenvalue weighted by atomic mass is 16.3. The maximum absolute atomic E-state index is 10.1. The Bertz CT molecular complexity index is 117. The number of amides is 2. The molecule has 10 heavy (non-hydrogen) atoms. The van der Waals surface area contributed by atoms with Crippen LogP contribution in [0.2, 0.25) is 0 Å². The van der Waals surface area contributed by atoms with Gasteiger partial charge in [0.2, 0.25) is 0 Å². The van der Waals surface area contributed by atoms with E-state index in [1.54, 1.807) is 13.8 Å². The molecule has 0 aromatic rings. The molecule has 0 saturated heterocycles. The summed E-state index contributed by atoms with van der Waals surface area (Å²) in [5.74, 6) is 0. The minimum absolute atomic E-state index is 0.416. The lowest BCUT2D eigenvalue weighted by molar-refractivity contribution is 0.0720. The van der Waals surface area contributed by atoms with Crippen molar-refractivity contribution in [3.63, 3.8) is 0 Å². The SMILES string of the molecule is CC(C)(O)CCNC(N)=O. The van der Waals surface area contributed by atoms with Crippen LogP contribution >= 0.6 is 0 Å². The van der Waals surface area contributed by atoms with Crippen molar-refractivity contribution < 1.29 is 9.90 Å². The van der Waals surface area contributed by atoms with E-state index < -0.39 is 11.6 Å². The van der Waals surface area contributed by atoms with Crippen molar-refractivity contribution in [1.29, 1.82) is 0 Å². The van der Waals surface area contributed by atoms with E-state index in [-0.39, 0.29) is 0 Å². The van der Waals surface area contributed by atoms with Crippen molar-refractivity contribution >= 4 is 6.03 Å². The first-order chi connectivity index (χ1) is 4.42. The average Bonchev–Trinajstić information content (AvgIpc) is 1.59. The normalized spacial score (nSPS) is 11.1. The highest BCUT2D eigenvalue weighted by Crippen LogP contribution is 2.04. The van der Waals surface area contributed by atoms with E-state index in [4.69, 9.17) is 10.8 Å². The molecule has 0 fully saturated rings. The third-order valence-corrected chi connectivity index (χ3v) is 1.04. The predicted octanol–water partition coefficient (Wildman–Crippen LogP) is -0.184. The number of aliphatic hydroxyl groups is 1. The molecule has 0 spiro atoms. The predicted molar refractivity (Wildman–Crippen MR) is 38.5 cm³/mol. The molecule has 4 heteroatoms. The van der Waals surface area contributed by atoms with Crippen molar-refractivity contribution in [1.82, 2.24) is 5.32 Å². The van der Waals surface area contributed by atoms with Gasteiger partial charge in [-0.2, -0.15) is 0 Å². The van der Waals surface area contributed by atoms with Crippen LogP contribution in [0.25, 0.3) is 0 Å². The van der Waals surface area contributed by atoms with E-state index in [0.717, 1.165) is 0 Å². The molecule has 0 aliphatic carbocycles. The largest absolute Gasteiger partial charge is 0.390 e. The highest BCUT2D eigenvalue weighted by molar-refractivity contribution is 5.71. The van der Waals surface area contributed by atoms with Gasteiger partial charge in [0.25, 0.3) is 0 Å². The van der Waals surface area contributed by atoms with Crippen molar-refractivity contribution in [2.45, 2.75) is 25.9 Å². The molecular weight excluding hydrogens is 132 g/mol. The Morgan fingerprint density at radius 2 is 2.20 bits per heavy atom. The lowest BCUT2D eigenvalue weighted by atomic mass is 10.1. The maximum atomic E-state index is 10.1. The van der Waals surface area contributed by atoms with Crippen molar-refractivity contribution in [2.75, 3.05) is 6.54 Å². The first-order valence-corrected chi connectivity index (χ1v) is 3.17. The van der Waals surface area contributed by atoms with Crippen LogP contribution in [0.4, 0.5) is 4.79 Å². The van der Waals surface area contributed by atoms with Crippen LogP contribution < -0.4 is 11.1 Å². The summed E-state index contributed by atoms with van der Waals surface area (Å²) in [5.41, 5.74) is 4.06. The molecule has 0 saturated carbocycles. The molecule has 0 aliphatic rings. The molecule has 0 rings (SSSR count). The highest BCUT2D eigenvalue weighted by Gasteiger charge is 2.11. The van der Waals surface area contributed by atoms with Crippen molar-refractivity contribution in [2.24, 2.45) is 5.73 Å². The number of carbonyl (C=O) groups excluding carboxylic acids is 1. The van der Waals surface area contributed by atoms with E-state index >= 15 is 0 Å². The second-order valence-corrected chi connectivity index (χ2v) is 2.85. The van der Waals surface area contributed by atoms with E-state index in [9.17, 15) is 4.79 Å². The monoisotopic (exact) mass is 146 g/mol. The Hall–Kier alpha value is -0.770. The third kappa shape index (κ3) is 7.23. The molecule has 4 N–H and O–H groups in total. The Morgan fingerprint density at radius 3 is 2.50 bits per heavy atom. The van der Waals surface area contributed by atoms with E-state index in [2.05, 4.69) is 5.32 Å². The zero-order valence-electron chi connectivity index (χ0n) is 6.35. The Morgan fingerprint density at radius 1 is 1.70 bits per heavy atom. The van der Waals surface area contributed by atoms with E-state index in [0.29, 0.717) is 13.0 Å². The maximum Gasteiger partial charge on any atom is 0.312 e. The van der Waals surface area contributed by atoms with Crippen LogP contribution in [0.3, 0.4) is 0 Å². The molecule has 0 aromatic carbocycles. The third-order valence-electron chi connectivity index (χ3n) is 1.04. The molecule has 0 radical (unpaired) electrons. The number of hydrogen-bond acceptors (Lipinski definition) is 2. The summed E-state index contributed by atoms with van der Waals surface area (Å²) < 4.78 is 0. The number of hydrogen-bond donors (Lipinski definition) is 3. The van der Waals surface area contributed by atoms with Gasteiger partial charge in [-0.1, -0.05) is 0 Å². The lowest BCUT2D eigenvalue weighted by Crippen LogP contribution is -2.34. The Balaban J connectivity index is 3.29. The van der Waals surface area contributed by atoms with Gasteiger partial charge in [0.15, 0.2) is 0 Å². The first-order valence-electron chi connectivity index (χ1n) is 3.17. The first kappa shape index (κ1) is 9.23. The van der Waals surface area contributed by atoms with Crippen LogP contribution in [0.15, 0.2) is 0 Å². The summed E-state index contributed by atoms with van der Waals surface area (Å²) in [6.07, 6.45) is 0.510. The molecular formula is C6H14N2O2. The van der Waals surface area contributed by atoms with Crippen LogP contribution in [-0.4, -0.2) is 23.3 Å². The standard InChI is InChI=1S/C6H14N2O2/c1-6(2,10)3-4-8-5(7)9/h10H,3-4H2,1-2H3,(H3,7,8,9). The van der Waals surface area contributed by atoms with Crippen LogP contribution in [0.5, 0.6) is 0 Å². The Kier molecular flexibility index (Phi) is 3.15. The average molecular weight is 146 g/mol. The topological polar surface area (TPSA) is 75.3 Å². The van der Waals surface area contributed by atoms with Crippen LogP contribution in [0.1, 0.15) is 20.3 Å². The quantitative estimate of drug-likeness (QED) is 0.516. The summed E-state index contributed by atoms with van der Waals surface area (Å²) in [6.45, 7) is 3.77. The fourth-order valence-corrected chi connectivity index (χ4v) is 0.492. The van der Waals surface area contributed by atoms with Crippen molar-refractivity contribution in [3.8, 4) is 0 Å². The second-order valence-electron chi connectivity index (χ2n) is 2.85. The number of nitrogens with two attached hydrogens (primary N) is 1. The molecule has 2 amide bonds. The summed E-state index contributed by atoms with van der Waals surface area (Å²) in [6, 6.07) is -0.552. The van der Waals surface area contributed by atoms with Crippen LogP contribution in [-0.2, 0) is 0 Å². The molecule has 0 unspecified atom stereocenters. The molecule has 0 aliphatic heterocycles. The molecule has 4 nitrogen and oxygen atoms in total. The Labute approximate surface area is 60.4 Å². The minimum atomic E-state index is -0.734. The molecule has 0 aromatic heterocycles. The van der Waals surface area contributed by atoms with Crippen molar-refractivity contribution in [3.05, 3.63) is 0 Å². The van der Waals surface area contributed by atoms with Gasteiger partial charge in [0, 0.05) is 6.54 Å². The van der Waals surface area contributed by atoms with Gasteiger partial charge in [0.05, 0.1) is 5.60 Å². The fraction of sp³-hybridized carbons (Fsp3) is 0.833. The summed E-state index contributed by atoms with van der Waals surface area (Å²) in [7, 11) is 0. The van der Waals surface area contributed by atoms with Gasteiger partial charge in [-0.25, -0.2) is 4.79 Å². The second kappa shape index (κ2) is 3.41. The van der Waals surface area contributed by atoms with Gasteiger partial charge < -0.3 is 16.2 Å².